The summed E-state index contributed by atoms with van der Waals surface area (Å²) < 4.78 is 35.2. The maximum atomic E-state index is 13.6. The number of ether oxygens (including phenoxy) is 1. The number of hydrogen-bond donors (Lipinski definition) is 0. The molecule has 2 aliphatic rings. The van der Waals surface area contributed by atoms with E-state index in [-0.39, 0.29) is 41.3 Å². The number of benzene rings is 2. The summed E-state index contributed by atoms with van der Waals surface area (Å²) >= 11 is 6.14. The molecular formula is C28H31ClN4O5S. The first kappa shape index (κ1) is 27.4. The quantitative estimate of drug-likeness (QED) is 0.359. The lowest BCUT2D eigenvalue weighted by atomic mass is 10.1. The van der Waals surface area contributed by atoms with Crippen LogP contribution >= 0.6 is 11.6 Å². The minimum atomic E-state index is -3.60. The number of aromatic nitrogens is 2. The SMILES string of the molecule is CC(=O)c1cccc(CS(=O)(=O)N2CCN(c3cnn(-c4cccc(Cl)c4)c(=O)c3OCC3(C)CC3)CC2)c1. The second-order valence-corrected chi connectivity index (χ2v) is 13.0. The minimum Gasteiger partial charge on any atom is -0.486 e. The standard InChI is InChI=1S/C28H31ClN4O5S/c1-20(34)22-6-3-5-21(15-22)18-39(36,37)32-13-11-31(12-14-32)25-17-30-33(24-8-4-7-23(29)16-24)27(35)26(25)38-19-28(2)9-10-28/h3-8,15-17H,9-14,18-19H2,1-2H3. The number of carbonyl (C=O) groups is 1. The van der Waals surface area contributed by atoms with Gasteiger partial charge in [0.05, 0.1) is 24.2 Å². The Kier molecular flexibility index (Phi) is 7.54. The number of Topliss-reactive ketones (excluding diaryl/α,β-unsaturated/α-hetero) is 1. The van der Waals surface area contributed by atoms with Gasteiger partial charge in [-0.1, -0.05) is 42.8 Å². The smallest absolute Gasteiger partial charge is 0.316 e. The van der Waals surface area contributed by atoms with E-state index in [1.807, 2.05) is 4.90 Å². The summed E-state index contributed by atoms with van der Waals surface area (Å²) in [5.74, 6) is -0.0870. The summed E-state index contributed by atoms with van der Waals surface area (Å²) in [7, 11) is -3.60. The van der Waals surface area contributed by atoms with Gasteiger partial charge in [0, 0.05) is 42.2 Å². The second-order valence-electron chi connectivity index (χ2n) is 10.6. The second kappa shape index (κ2) is 10.7. The molecule has 1 saturated carbocycles. The highest BCUT2D eigenvalue weighted by Gasteiger charge is 2.39. The number of halogens is 1. The zero-order valence-electron chi connectivity index (χ0n) is 22.0. The van der Waals surface area contributed by atoms with Gasteiger partial charge in [-0.05, 0) is 49.6 Å². The van der Waals surface area contributed by atoms with E-state index in [0.29, 0.717) is 47.2 Å². The third kappa shape index (κ3) is 6.18. The molecule has 11 heteroatoms. The average Bonchev–Trinajstić information content (AvgIpc) is 3.65. The third-order valence-corrected chi connectivity index (χ3v) is 9.38. The number of ketones is 1. The van der Waals surface area contributed by atoms with Crippen LogP contribution < -0.4 is 15.2 Å². The molecule has 1 aromatic heterocycles. The summed E-state index contributed by atoms with van der Waals surface area (Å²) in [5, 5.41) is 4.89. The highest BCUT2D eigenvalue weighted by molar-refractivity contribution is 7.88. The van der Waals surface area contributed by atoms with Gasteiger partial charge in [0.1, 0.15) is 5.69 Å². The number of nitrogens with zero attached hydrogens (tertiary/aromatic N) is 4. The summed E-state index contributed by atoms with van der Waals surface area (Å²) in [5.41, 5.74) is 1.81. The Morgan fingerprint density at radius 3 is 2.46 bits per heavy atom. The number of carbonyl (C=O) groups excluding carboxylic acids is 1. The summed E-state index contributed by atoms with van der Waals surface area (Å²) in [6.07, 6.45) is 3.69. The number of rotatable bonds is 9. The first-order valence-electron chi connectivity index (χ1n) is 12.9. The maximum absolute atomic E-state index is 13.6. The molecule has 0 atom stereocenters. The fourth-order valence-electron chi connectivity index (χ4n) is 4.58. The zero-order valence-corrected chi connectivity index (χ0v) is 23.5. The zero-order chi connectivity index (χ0) is 27.8. The van der Waals surface area contributed by atoms with E-state index >= 15 is 0 Å². The molecule has 39 heavy (non-hydrogen) atoms. The fraction of sp³-hybridized carbons (Fsp3) is 0.393. The first-order valence-corrected chi connectivity index (χ1v) is 14.9. The van der Waals surface area contributed by atoms with Crippen LogP contribution in [0, 0.1) is 5.41 Å². The molecular weight excluding hydrogens is 540 g/mol. The molecule has 1 aliphatic heterocycles. The van der Waals surface area contributed by atoms with Crippen molar-refractivity contribution in [1.82, 2.24) is 14.1 Å². The Bertz CT molecular complexity index is 1560. The molecule has 0 amide bonds. The predicted molar refractivity (Wildman–Crippen MR) is 151 cm³/mol. The van der Waals surface area contributed by atoms with Crippen molar-refractivity contribution in [2.45, 2.75) is 32.4 Å². The molecule has 0 N–H and O–H groups in total. The van der Waals surface area contributed by atoms with Crippen molar-refractivity contribution in [3.63, 3.8) is 0 Å². The molecule has 9 nitrogen and oxygen atoms in total. The van der Waals surface area contributed by atoms with E-state index in [1.54, 1.807) is 54.7 Å². The van der Waals surface area contributed by atoms with Crippen molar-refractivity contribution in [3.8, 4) is 11.4 Å². The van der Waals surface area contributed by atoms with Crippen LogP contribution in [0.3, 0.4) is 0 Å². The molecule has 2 fully saturated rings. The molecule has 2 heterocycles. The summed E-state index contributed by atoms with van der Waals surface area (Å²) in [6, 6.07) is 13.6. The third-order valence-electron chi connectivity index (χ3n) is 7.29. The molecule has 2 aromatic carbocycles. The fourth-order valence-corrected chi connectivity index (χ4v) is 6.26. The van der Waals surface area contributed by atoms with Gasteiger partial charge in [0.25, 0.3) is 0 Å². The molecule has 1 saturated heterocycles. The van der Waals surface area contributed by atoms with Crippen LogP contribution in [-0.2, 0) is 15.8 Å². The van der Waals surface area contributed by atoms with Gasteiger partial charge in [-0.15, -0.1) is 0 Å². The Balaban J connectivity index is 1.35. The Morgan fingerprint density at radius 1 is 1.08 bits per heavy atom. The minimum absolute atomic E-state index is 0.0559. The van der Waals surface area contributed by atoms with Crippen molar-refractivity contribution in [1.29, 1.82) is 0 Å². The normalized spacial score (nSPS) is 17.2. The molecule has 206 valence electrons. The summed E-state index contributed by atoms with van der Waals surface area (Å²) in [6.45, 7) is 5.26. The lowest BCUT2D eigenvalue weighted by Gasteiger charge is -2.35. The van der Waals surface area contributed by atoms with E-state index in [2.05, 4.69) is 12.0 Å². The van der Waals surface area contributed by atoms with E-state index in [0.717, 1.165) is 12.8 Å². The van der Waals surface area contributed by atoms with Crippen LogP contribution in [-0.4, -0.2) is 61.1 Å². The van der Waals surface area contributed by atoms with E-state index in [9.17, 15) is 18.0 Å². The monoisotopic (exact) mass is 570 g/mol. The summed E-state index contributed by atoms with van der Waals surface area (Å²) in [4.78, 5) is 27.2. The van der Waals surface area contributed by atoms with Crippen LogP contribution in [0.1, 0.15) is 42.6 Å². The molecule has 0 radical (unpaired) electrons. The highest BCUT2D eigenvalue weighted by atomic mass is 35.5. The predicted octanol–water partition coefficient (Wildman–Crippen LogP) is 3.92. The van der Waals surface area contributed by atoms with Crippen molar-refractivity contribution >= 4 is 33.1 Å². The number of sulfonamides is 1. The van der Waals surface area contributed by atoms with Crippen LogP contribution in [0.25, 0.3) is 5.69 Å². The van der Waals surface area contributed by atoms with Crippen molar-refractivity contribution in [2.75, 3.05) is 37.7 Å². The van der Waals surface area contributed by atoms with E-state index in [1.165, 1.54) is 15.9 Å². The van der Waals surface area contributed by atoms with Crippen LogP contribution in [0.15, 0.2) is 59.5 Å². The number of piperazine rings is 1. The first-order chi connectivity index (χ1) is 18.5. The topological polar surface area (TPSA) is 102 Å². The van der Waals surface area contributed by atoms with Crippen molar-refractivity contribution in [3.05, 3.63) is 81.2 Å². The van der Waals surface area contributed by atoms with Crippen LogP contribution in [0.5, 0.6) is 5.75 Å². The molecule has 1 aliphatic carbocycles. The van der Waals surface area contributed by atoms with E-state index in [4.69, 9.17) is 16.3 Å². The largest absolute Gasteiger partial charge is 0.486 e. The molecule has 5 rings (SSSR count). The van der Waals surface area contributed by atoms with Gasteiger partial charge in [-0.25, -0.2) is 8.42 Å². The molecule has 0 spiro atoms. The molecule has 0 bridgehead atoms. The lowest BCUT2D eigenvalue weighted by Crippen LogP contribution is -2.49. The lowest BCUT2D eigenvalue weighted by molar-refractivity contribution is 0.101. The van der Waals surface area contributed by atoms with Gasteiger partial charge in [-0.3, -0.25) is 9.59 Å². The Labute approximate surface area is 233 Å². The Morgan fingerprint density at radius 2 is 1.79 bits per heavy atom. The van der Waals surface area contributed by atoms with Gasteiger partial charge in [0.15, 0.2) is 5.78 Å². The number of hydrogen-bond acceptors (Lipinski definition) is 7. The maximum Gasteiger partial charge on any atom is 0.316 e. The van der Waals surface area contributed by atoms with Crippen molar-refractivity contribution < 1.29 is 17.9 Å². The van der Waals surface area contributed by atoms with Crippen molar-refractivity contribution in [2.24, 2.45) is 5.41 Å². The van der Waals surface area contributed by atoms with E-state index < -0.39 is 10.0 Å². The highest BCUT2D eigenvalue weighted by Crippen LogP contribution is 2.45. The van der Waals surface area contributed by atoms with Gasteiger partial charge in [-0.2, -0.15) is 14.1 Å². The average molecular weight is 571 g/mol. The van der Waals surface area contributed by atoms with Gasteiger partial charge >= 0.3 is 5.56 Å². The molecule has 3 aromatic rings. The van der Waals surface area contributed by atoms with Crippen LogP contribution in [0.4, 0.5) is 5.69 Å². The number of anilines is 1. The molecule has 0 unspecified atom stereocenters. The van der Waals surface area contributed by atoms with Gasteiger partial charge < -0.3 is 9.64 Å². The van der Waals surface area contributed by atoms with Crippen LogP contribution in [0.2, 0.25) is 5.02 Å². The van der Waals surface area contributed by atoms with Gasteiger partial charge in [0.2, 0.25) is 15.8 Å². The Hall–Kier alpha value is -3.21.